The Morgan fingerprint density at radius 1 is 1.04 bits per heavy atom. The monoisotopic (exact) mass is 310 g/mol. The largest absolute Gasteiger partial charge is 0.461 e. The van der Waals surface area contributed by atoms with Gasteiger partial charge in [0.1, 0.15) is 5.70 Å². The van der Waals surface area contributed by atoms with Crippen molar-refractivity contribution in [2.75, 3.05) is 11.5 Å². The van der Waals surface area contributed by atoms with Crippen molar-refractivity contribution in [1.29, 1.82) is 0 Å². The van der Waals surface area contributed by atoms with Gasteiger partial charge in [0.15, 0.2) is 0 Å². The van der Waals surface area contributed by atoms with E-state index in [1.165, 1.54) is 0 Å². The summed E-state index contributed by atoms with van der Waals surface area (Å²) in [4.78, 5) is 14.3. The molecule has 0 spiro atoms. The molecule has 0 atom stereocenters. The van der Waals surface area contributed by atoms with E-state index in [2.05, 4.69) is 0 Å². The number of carbonyl (C=O) groups is 1. The zero-order valence-corrected chi connectivity index (χ0v) is 13.5. The van der Waals surface area contributed by atoms with E-state index >= 15 is 0 Å². The number of anilines is 1. The average molecular weight is 310 g/mol. The Hall–Kier alpha value is -2.75. The molecule has 0 fully saturated rings. The Balaban J connectivity index is 2.44. The molecule has 0 aliphatic heterocycles. The number of hydrogen-bond donors (Lipinski definition) is 1. The fourth-order valence-electron chi connectivity index (χ4n) is 2.36. The molecular weight excluding hydrogens is 288 g/mol. The van der Waals surface area contributed by atoms with Crippen LogP contribution in [-0.4, -0.2) is 12.6 Å². The molecule has 0 bridgehead atoms. The second-order valence-electron chi connectivity index (χ2n) is 5.16. The van der Waals surface area contributed by atoms with Crippen molar-refractivity contribution in [2.24, 2.45) is 5.73 Å². The Labute approximate surface area is 137 Å². The number of nitrogens with two attached hydrogens (primary N) is 1. The summed E-state index contributed by atoms with van der Waals surface area (Å²) >= 11 is 0. The van der Waals surface area contributed by atoms with Gasteiger partial charge in [0.05, 0.1) is 6.61 Å². The van der Waals surface area contributed by atoms with E-state index in [1.807, 2.05) is 65.6 Å². The van der Waals surface area contributed by atoms with Gasteiger partial charge in [-0.25, -0.2) is 4.79 Å². The summed E-state index contributed by atoms with van der Waals surface area (Å²) in [6.45, 7) is 4.34. The van der Waals surface area contributed by atoms with E-state index in [4.69, 9.17) is 10.5 Å². The average Bonchev–Trinajstić information content (AvgIpc) is 2.56. The molecule has 2 rings (SSSR count). The summed E-state index contributed by atoms with van der Waals surface area (Å²) in [5, 5.41) is 0. The molecule has 0 aromatic heterocycles. The lowest BCUT2D eigenvalue weighted by Gasteiger charge is -2.27. The minimum Gasteiger partial charge on any atom is -0.461 e. The smallest absolute Gasteiger partial charge is 0.356 e. The molecule has 0 aliphatic rings. The molecule has 0 heterocycles. The van der Waals surface area contributed by atoms with Crippen molar-refractivity contribution in [1.82, 2.24) is 0 Å². The standard InChI is InChI=1S/C19H22N2O2/c1-3-23-19(22)18(15(2)20)21(17-12-8-5-9-13-17)14-16-10-6-4-7-11-16/h4-13H,3,14,20H2,1-2H3. The van der Waals surface area contributed by atoms with Crippen LogP contribution in [-0.2, 0) is 16.1 Å². The number of para-hydroxylation sites is 1. The fraction of sp³-hybridized carbons (Fsp3) is 0.211. The zero-order valence-electron chi connectivity index (χ0n) is 13.5. The Morgan fingerprint density at radius 3 is 2.13 bits per heavy atom. The van der Waals surface area contributed by atoms with E-state index in [-0.39, 0.29) is 0 Å². The first-order valence-corrected chi connectivity index (χ1v) is 7.63. The van der Waals surface area contributed by atoms with Gasteiger partial charge >= 0.3 is 5.97 Å². The van der Waals surface area contributed by atoms with Gasteiger partial charge < -0.3 is 15.4 Å². The van der Waals surface area contributed by atoms with E-state index in [0.717, 1.165) is 11.3 Å². The quantitative estimate of drug-likeness (QED) is 0.656. The minimum absolute atomic E-state index is 0.309. The highest BCUT2D eigenvalue weighted by Gasteiger charge is 2.22. The highest BCUT2D eigenvalue weighted by Crippen LogP contribution is 2.24. The number of hydrogen-bond acceptors (Lipinski definition) is 4. The third kappa shape index (κ3) is 4.36. The summed E-state index contributed by atoms with van der Waals surface area (Å²) in [6.07, 6.45) is 0. The van der Waals surface area contributed by atoms with E-state index in [1.54, 1.807) is 13.8 Å². The zero-order chi connectivity index (χ0) is 16.7. The van der Waals surface area contributed by atoms with Gasteiger partial charge in [-0.1, -0.05) is 48.5 Å². The predicted molar refractivity (Wildman–Crippen MR) is 92.6 cm³/mol. The molecule has 120 valence electrons. The second-order valence-corrected chi connectivity index (χ2v) is 5.16. The van der Waals surface area contributed by atoms with Crippen molar-refractivity contribution in [3.63, 3.8) is 0 Å². The second kappa shape index (κ2) is 8.03. The van der Waals surface area contributed by atoms with Crippen LogP contribution in [0.25, 0.3) is 0 Å². The predicted octanol–water partition coefficient (Wildman–Crippen LogP) is 3.45. The normalized spacial score (nSPS) is 11.6. The number of nitrogens with zero attached hydrogens (tertiary/aromatic N) is 1. The molecule has 0 saturated heterocycles. The van der Waals surface area contributed by atoms with Crippen molar-refractivity contribution < 1.29 is 9.53 Å². The lowest BCUT2D eigenvalue weighted by Crippen LogP contribution is -2.31. The van der Waals surface area contributed by atoms with Crippen molar-refractivity contribution in [2.45, 2.75) is 20.4 Å². The van der Waals surface area contributed by atoms with Gasteiger partial charge in [0, 0.05) is 17.9 Å². The number of esters is 1. The van der Waals surface area contributed by atoms with Gasteiger partial charge in [-0.2, -0.15) is 0 Å². The third-order valence-corrected chi connectivity index (χ3v) is 3.36. The van der Waals surface area contributed by atoms with E-state index < -0.39 is 5.97 Å². The molecule has 4 heteroatoms. The molecule has 4 nitrogen and oxygen atoms in total. The van der Waals surface area contributed by atoms with Gasteiger partial charge in [-0.3, -0.25) is 0 Å². The molecule has 2 aromatic carbocycles. The van der Waals surface area contributed by atoms with E-state index in [9.17, 15) is 4.79 Å². The highest BCUT2D eigenvalue weighted by molar-refractivity contribution is 5.93. The molecule has 0 radical (unpaired) electrons. The van der Waals surface area contributed by atoms with Gasteiger partial charge in [-0.05, 0) is 31.5 Å². The molecule has 0 saturated carbocycles. The topological polar surface area (TPSA) is 55.6 Å². The van der Waals surface area contributed by atoms with Crippen LogP contribution < -0.4 is 10.6 Å². The number of rotatable bonds is 6. The van der Waals surface area contributed by atoms with Crippen LogP contribution in [0, 0.1) is 0 Å². The summed E-state index contributed by atoms with van der Waals surface area (Å²) in [6, 6.07) is 19.7. The molecule has 2 aromatic rings. The molecule has 0 amide bonds. The first kappa shape index (κ1) is 16.6. The number of ether oxygens (including phenoxy) is 1. The summed E-state index contributed by atoms with van der Waals surface area (Å²) in [5.41, 5.74) is 8.78. The van der Waals surface area contributed by atoms with Crippen molar-refractivity contribution >= 4 is 11.7 Å². The first-order chi connectivity index (χ1) is 11.1. The van der Waals surface area contributed by atoms with Gasteiger partial charge in [-0.15, -0.1) is 0 Å². The van der Waals surface area contributed by atoms with E-state index in [0.29, 0.717) is 24.5 Å². The molecule has 0 unspecified atom stereocenters. The van der Waals surface area contributed by atoms with Crippen LogP contribution in [0.4, 0.5) is 5.69 Å². The maximum absolute atomic E-state index is 12.4. The Bertz CT molecular complexity index is 662. The Kier molecular flexibility index (Phi) is 5.80. The molecule has 2 N–H and O–H groups in total. The van der Waals surface area contributed by atoms with Crippen LogP contribution in [0.15, 0.2) is 72.1 Å². The fourth-order valence-corrected chi connectivity index (χ4v) is 2.36. The first-order valence-electron chi connectivity index (χ1n) is 7.63. The summed E-state index contributed by atoms with van der Waals surface area (Å²) in [5.74, 6) is -0.410. The van der Waals surface area contributed by atoms with Crippen LogP contribution in [0.3, 0.4) is 0 Å². The maximum Gasteiger partial charge on any atom is 0.356 e. The van der Waals surface area contributed by atoms with Gasteiger partial charge in [0.25, 0.3) is 0 Å². The lowest BCUT2D eigenvalue weighted by molar-refractivity contribution is -0.138. The van der Waals surface area contributed by atoms with Crippen LogP contribution in [0.5, 0.6) is 0 Å². The van der Waals surface area contributed by atoms with Crippen LogP contribution in [0.2, 0.25) is 0 Å². The van der Waals surface area contributed by atoms with Crippen molar-refractivity contribution in [3.05, 3.63) is 77.6 Å². The number of carbonyl (C=O) groups excluding carboxylic acids is 1. The van der Waals surface area contributed by atoms with Crippen LogP contribution in [0.1, 0.15) is 19.4 Å². The molecule has 23 heavy (non-hydrogen) atoms. The molecule has 0 aliphatic carbocycles. The minimum atomic E-state index is -0.410. The summed E-state index contributed by atoms with van der Waals surface area (Å²) in [7, 11) is 0. The highest BCUT2D eigenvalue weighted by atomic mass is 16.5. The SMILES string of the molecule is CCOC(=O)C(=C(C)N)N(Cc1ccccc1)c1ccccc1. The summed E-state index contributed by atoms with van der Waals surface area (Å²) < 4.78 is 5.19. The number of benzene rings is 2. The number of allylic oxidation sites excluding steroid dienone is 1. The van der Waals surface area contributed by atoms with Crippen LogP contribution >= 0.6 is 0 Å². The lowest BCUT2D eigenvalue weighted by atomic mass is 10.1. The third-order valence-electron chi connectivity index (χ3n) is 3.36. The van der Waals surface area contributed by atoms with Crippen molar-refractivity contribution in [3.8, 4) is 0 Å². The van der Waals surface area contributed by atoms with Gasteiger partial charge in [0.2, 0.25) is 0 Å². The maximum atomic E-state index is 12.4. The molecular formula is C19H22N2O2. The Morgan fingerprint density at radius 2 is 1.61 bits per heavy atom.